The molecule has 2 aromatic rings. The van der Waals surface area contributed by atoms with Crippen LogP contribution in [0.4, 0.5) is 13.2 Å². The van der Waals surface area contributed by atoms with Gasteiger partial charge in [-0.1, -0.05) is 42.5 Å². The van der Waals surface area contributed by atoms with Crippen LogP contribution in [-0.4, -0.2) is 42.5 Å². The summed E-state index contributed by atoms with van der Waals surface area (Å²) in [5.74, 6) is -2.82. The Bertz CT molecular complexity index is 865. The molecule has 146 valence electrons. The molecular formula is C22H22F3N3. The Hall–Kier alpha value is -2.36. The number of likely N-dealkylation sites (tertiary alicyclic amines) is 1. The number of alkyl halides is 2. The van der Waals surface area contributed by atoms with Crippen molar-refractivity contribution in [2.75, 3.05) is 19.6 Å². The lowest BCUT2D eigenvalue weighted by Crippen LogP contribution is -2.63. The van der Waals surface area contributed by atoms with Gasteiger partial charge >= 0.3 is 0 Å². The minimum atomic E-state index is -2.55. The van der Waals surface area contributed by atoms with Gasteiger partial charge in [-0.05, 0) is 17.2 Å². The van der Waals surface area contributed by atoms with Crippen molar-refractivity contribution in [3.63, 3.8) is 0 Å². The number of rotatable bonds is 4. The van der Waals surface area contributed by atoms with Gasteiger partial charge in [-0.15, -0.1) is 0 Å². The van der Waals surface area contributed by atoms with Crippen LogP contribution in [-0.2, 0) is 0 Å². The summed E-state index contributed by atoms with van der Waals surface area (Å²) in [6.07, 6.45) is -0.215. The molecular weight excluding hydrogens is 363 g/mol. The van der Waals surface area contributed by atoms with Gasteiger partial charge in [0.1, 0.15) is 11.9 Å². The third-order valence-corrected chi connectivity index (χ3v) is 5.85. The summed E-state index contributed by atoms with van der Waals surface area (Å²) in [5, 5.41) is 12.7. The molecule has 1 N–H and O–H groups in total. The summed E-state index contributed by atoms with van der Waals surface area (Å²) >= 11 is 0. The highest BCUT2D eigenvalue weighted by Crippen LogP contribution is 2.35. The van der Waals surface area contributed by atoms with Crippen LogP contribution in [0.25, 0.3) is 11.1 Å². The highest BCUT2D eigenvalue weighted by atomic mass is 19.3. The van der Waals surface area contributed by atoms with Crippen molar-refractivity contribution in [3.05, 3.63) is 59.9 Å². The Labute approximate surface area is 162 Å². The maximum Gasteiger partial charge on any atom is 0.250 e. The molecule has 0 bridgehead atoms. The first-order valence-electron chi connectivity index (χ1n) is 9.57. The Morgan fingerprint density at radius 3 is 2.39 bits per heavy atom. The van der Waals surface area contributed by atoms with Crippen molar-refractivity contribution in [1.82, 2.24) is 10.2 Å². The van der Waals surface area contributed by atoms with Crippen molar-refractivity contribution in [2.24, 2.45) is 0 Å². The average Bonchev–Trinajstić information content (AvgIpc) is 2.67. The molecule has 0 saturated carbocycles. The molecule has 2 heterocycles. The van der Waals surface area contributed by atoms with E-state index in [2.05, 4.69) is 11.4 Å². The second-order valence-electron chi connectivity index (χ2n) is 7.66. The standard InChI is InChI=1S/C22H22F3N3/c23-18-4-2-1-3-17(18)15-5-7-16(8-6-15)21-19(13-26)27-20(21)14-28-11-9-22(24,25)10-12-28/h1-8,19-21,27H,9-12,14H2/t19-,20-,21-/m0/s1. The second-order valence-corrected chi connectivity index (χ2v) is 7.66. The molecule has 2 aliphatic rings. The van der Waals surface area contributed by atoms with Crippen LogP contribution in [0.2, 0.25) is 0 Å². The smallest absolute Gasteiger partial charge is 0.250 e. The maximum atomic E-state index is 14.0. The Balaban J connectivity index is 1.47. The molecule has 0 spiro atoms. The highest BCUT2D eigenvalue weighted by molar-refractivity contribution is 5.64. The molecule has 2 fully saturated rings. The van der Waals surface area contributed by atoms with Gasteiger partial charge in [-0.3, -0.25) is 5.32 Å². The van der Waals surface area contributed by atoms with Crippen molar-refractivity contribution in [1.29, 1.82) is 5.26 Å². The van der Waals surface area contributed by atoms with E-state index in [4.69, 9.17) is 0 Å². The molecule has 3 atom stereocenters. The van der Waals surface area contributed by atoms with Gasteiger partial charge in [0.15, 0.2) is 0 Å². The predicted molar refractivity (Wildman–Crippen MR) is 102 cm³/mol. The van der Waals surface area contributed by atoms with Crippen LogP contribution in [0.1, 0.15) is 24.3 Å². The van der Waals surface area contributed by atoms with Crippen LogP contribution in [0, 0.1) is 17.1 Å². The van der Waals surface area contributed by atoms with E-state index in [0.717, 1.165) is 11.1 Å². The lowest BCUT2D eigenvalue weighted by molar-refractivity contribution is -0.0584. The van der Waals surface area contributed by atoms with Crippen LogP contribution in [0.5, 0.6) is 0 Å². The van der Waals surface area contributed by atoms with Crippen molar-refractivity contribution < 1.29 is 13.2 Å². The number of benzene rings is 2. The minimum absolute atomic E-state index is 0.00195. The van der Waals surface area contributed by atoms with Crippen molar-refractivity contribution in [2.45, 2.75) is 36.8 Å². The topological polar surface area (TPSA) is 39.1 Å². The zero-order chi connectivity index (χ0) is 19.7. The van der Waals surface area contributed by atoms with E-state index in [0.29, 0.717) is 25.2 Å². The molecule has 2 saturated heterocycles. The van der Waals surface area contributed by atoms with Gasteiger partial charge in [0.05, 0.1) is 6.07 Å². The van der Waals surface area contributed by atoms with E-state index in [1.54, 1.807) is 18.2 Å². The third kappa shape index (κ3) is 3.78. The number of piperidine rings is 1. The van der Waals surface area contributed by atoms with Crippen LogP contribution in [0.15, 0.2) is 48.5 Å². The fraction of sp³-hybridized carbons (Fsp3) is 0.409. The van der Waals surface area contributed by atoms with Gasteiger partial charge in [-0.25, -0.2) is 13.2 Å². The maximum absolute atomic E-state index is 14.0. The summed E-state index contributed by atoms with van der Waals surface area (Å²) in [6, 6.07) is 16.3. The van der Waals surface area contributed by atoms with Crippen LogP contribution in [0.3, 0.4) is 0 Å². The third-order valence-electron chi connectivity index (χ3n) is 5.85. The summed E-state index contributed by atoms with van der Waals surface area (Å²) < 4.78 is 40.7. The molecule has 0 radical (unpaired) electrons. The van der Waals surface area contributed by atoms with Crippen molar-refractivity contribution in [3.8, 4) is 17.2 Å². The lowest BCUT2D eigenvalue weighted by atomic mass is 9.77. The molecule has 2 aromatic carbocycles. The molecule has 0 amide bonds. The van der Waals surface area contributed by atoms with Gasteiger partial charge in [-0.2, -0.15) is 5.26 Å². The number of hydrogen-bond donors (Lipinski definition) is 1. The predicted octanol–water partition coefficient (Wildman–Crippen LogP) is 4.17. The number of nitrogens with one attached hydrogen (secondary N) is 1. The van der Waals surface area contributed by atoms with E-state index < -0.39 is 5.92 Å². The average molecular weight is 385 g/mol. The van der Waals surface area contributed by atoms with E-state index in [1.807, 2.05) is 29.2 Å². The molecule has 0 unspecified atom stereocenters. The fourth-order valence-electron chi connectivity index (χ4n) is 4.18. The molecule has 3 nitrogen and oxygen atoms in total. The van der Waals surface area contributed by atoms with Gasteiger partial charge in [0.25, 0.3) is 5.92 Å². The van der Waals surface area contributed by atoms with Gasteiger partial charge in [0.2, 0.25) is 0 Å². The first-order valence-corrected chi connectivity index (χ1v) is 9.57. The quantitative estimate of drug-likeness (QED) is 0.859. The largest absolute Gasteiger partial charge is 0.301 e. The summed E-state index contributed by atoms with van der Waals surface area (Å²) in [4.78, 5) is 2.05. The van der Waals surface area contributed by atoms with E-state index in [1.165, 1.54) is 6.07 Å². The number of nitrogens with zero attached hydrogens (tertiary/aromatic N) is 2. The Morgan fingerprint density at radius 2 is 1.75 bits per heavy atom. The SMILES string of the molecule is N#C[C@@H]1N[C@@H](CN2CCC(F)(F)CC2)[C@H]1c1ccc(-c2ccccc2F)cc1. The van der Waals surface area contributed by atoms with E-state index >= 15 is 0 Å². The molecule has 0 aliphatic carbocycles. The normalized spacial score (nSPS) is 27.0. The fourth-order valence-corrected chi connectivity index (χ4v) is 4.18. The van der Waals surface area contributed by atoms with Crippen molar-refractivity contribution >= 4 is 0 Å². The zero-order valence-electron chi connectivity index (χ0n) is 15.4. The Kier molecular flexibility index (Phi) is 5.13. The zero-order valence-corrected chi connectivity index (χ0v) is 15.4. The monoisotopic (exact) mass is 385 g/mol. The molecule has 6 heteroatoms. The summed E-state index contributed by atoms with van der Waals surface area (Å²) in [5.41, 5.74) is 2.35. The van der Waals surface area contributed by atoms with Gasteiger partial charge in [0, 0.05) is 50.0 Å². The number of halogens is 3. The molecule has 28 heavy (non-hydrogen) atoms. The van der Waals surface area contributed by atoms with Crippen LogP contribution >= 0.6 is 0 Å². The lowest BCUT2D eigenvalue weighted by Gasteiger charge is -2.46. The number of hydrogen-bond acceptors (Lipinski definition) is 3. The van der Waals surface area contributed by atoms with E-state index in [-0.39, 0.29) is 36.7 Å². The Morgan fingerprint density at radius 1 is 1.07 bits per heavy atom. The highest BCUT2D eigenvalue weighted by Gasteiger charge is 2.43. The molecule has 4 rings (SSSR count). The first-order chi connectivity index (χ1) is 13.5. The minimum Gasteiger partial charge on any atom is -0.301 e. The first kappa shape index (κ1) is 19.0. The van der Waals surface area contributed by atoms with Crippen LogP contribution < -0.4 is 5.32 Å². The number of nitriles is 1. The van der Waals surface area contributed by atoms with Gasteiger partial charge < -0.3 is 4.90 Å². The molecule has 2 aliphatic heterocycles. The summed E-state index contributed by atoms with van der Waals surface area (Å²) in [6.45, 7) is 1.40. The molecule has 0 aromatic heterocycles. The van der Waals surface area contributed by atoms with E-state index in [9.17, 15) is 18.4 Å². The summed E-state index contributed by atoms with van der Waals surface area (Å²) in [7, 11) is 0. The second kappa shape index (κ2) is 7.57.